The van der Waals surface area contributed by atoms with Crippen molar-refractivity contribution in [1.82, 2.24) is 15.4 Å². The number of hydrazone groups is 1. The third-order valence-electron chi connectivity index (χ3n) is 4.59. The highest BCUT2D eigenvalue weighted by atomic mass is 15.4. The first-order chi connectivity index (χ1) is 12.4. The first kappa shape index (κ1) is 14.1. The molecule has 0 fully saturated rings. The number of anilines is 1. The van der Waals surface area contributed by atoms with Crippen LogP contribution >= 0.6 is 0 Å². The Morgan fingerprint density at radius 3 is 2.76 bits per heavy atom. The zero-order valence-corrected chi connectivity index (χ0v) is 13.5. The number of rotatable bonds is 2. The number of aromatic nitrogens is 2. The number of nitrogens with one attached hydrogen (secondary N) is 1. The van der Waals surface area contributed by atoms with Crippen LogP contribution in [0.25, 0.3) is 11.0 Å². The number of nitrogens with zero attached hydrogens (tertiary/aromatic N) is 5. The van der Waals surface area contributed by atoms with Gasteiger partial charge in [-0.15, -0.1) is 0 Å². The fourth-order valence-electron chi connectivity index (χ4n) is 3.35. The van der Waals surface area contributed by atoms with Crippen LogP contribution in [0.5, 0.6) is 0 Å². The maximum Gasteiger partial charge on any atom is 0.120 e. The minimum absolute atomic E-state index is 0.159. The third-order valence-corrected chi connectivity index (χ3v) is 4.59. The quantitative estimate of drug-likeness (QED) is 0.785. The zero-order chi connectivity index (χ0) is 16.6. The fraction of sp³-hybridized carbons (Fsp3) is 0.158. The monoisotopic (exact) mass is 328 g/mol. The number of hydrogen-bond acceptors (Lipinski definition) is 6. The Balaban J connectivity index is 1.59. The molecule has 0 spiro atoms. The lowest BCUT2D eigenvalue weighted by Gasteiger charge is -2.34. The maximum atomic E-state index is 4.90. The van der Waals surface area contributed by atoms with Gasteiger partial charge in [0.25, 0.3) is 0 Å². The highest BCUT2D eigenvalue weighted by Crippen LogP contribution is 2.34. The molecule has 1 unspecified atom stereocenters. The second kappa shape index (κ2) is 5.66. The van der Waals surface area contributed by atoms with Crippen LogP contribution in [0.15, 0.2) is 65.0 Å². The minimum atomic E-state index is 0.159. The Morgan fingerprint density at radius 2 is 1.88 bits per heavy atom. The molecular formula is C19H16N6. The second-order valence-electron chi connectivity index (χ2n) is 6.13. The first-order valence-corrected chi connectivity index (χ1v) is 8.30. The zero-order valence-electron chi connectivity index (χ0n) is 13.5. The molecule has 2 aromatic carbocycles. The van der Waals surface area contributed by atoms with Crippen molar-refractivity contribution in [3.05, 3.63) is 60.4 Å². The summed E-state index contributed by atoms with van der Waals surface area (Å²) in [6.45, 7) is 0.726. The number of aliphatic imine (C=N–C) groups is 1. The molecule has 2 aliphatic heterocycles. The summed E-state index contributed by atoms with van der Waals surface area (Å²) < 4.78 is 0. The fourth-order valence-corrected chi connectivity index (χ4v) is 3.35. The molecule has 5 rings (SSSR count). The van der Waals surface area contributed by atoms with Gasteiger partial charge in [0.2, 0.25) is 0 Å². The van der Waals surface area contributed by atoms with Gasteiger partial charge in [0.15, 0.2) is 0 Å². The van der Waals surface area contributed by atoms with Gasteiger partial charge in [-0.2, -0.15) is 5.10 Å². The lowest BCUT2D eigenvalue weighted by molar-refractivity contribution is 0.562. The van der Waals surface area contributed by atoms with Crippen molar-refractivity contribution in [1.29, 1.82) is 0 Å². The molecule has 0 aliphatic carbocycles. The summed E-state index contributed by atoms with van der Waals surface area (Å²) in [7, 11) is 0. The highest BCUT2D eigenvalue weighted by molar-refractivity contribution is 6.09. The largest absolute Gasteiger partial charge is 0.342 e. The van der Waals surface area contributed by atoms with E-state index in [0.717, 1.165) is 46.6 Å². The van der Waals surface area contributed by atoms with Gasteiger partial charge in [0.1, 0.15) is 6.17 Å². The molecule has 0 saturated carbocycles. The van der Waals surface area contributed by atoms with Crippen LogP contribution in [0.3, 0.4) is 0 Å². The SMILES string of the molecule is C1=NNC(N2CC(c3ccc4nccnc4c3)=Nc3ccccc32)C1. The van der Waals surface area contributed by atoms with Crippen molar-refractivity contribution in [3.8, 4) is 0 Å². The summed E-state index contributed by atoms with van der Waals surface area (Å²) in [6, 6.07) is 14.4. The lowest BCUT2D eigenvalue weighted by Crippen LogP contribution is -2.45. The molecule has 3 aromatic rings. The van der Waals surface area contributed by atoms with Gasteiger partial charge >= 0.3 is 0 Å². The average molecular weight is 328 g/mol. The molecule has 6 heteroatoms. The van der Waals surface area contributed by atoms with E-state index in [0.29, 0.717) is 0 Å². The van der Waals surface area contributed by atoms with Crippen molar-refractivity contribution in [2.75, 3.05) is 11.4 Å². The van der Waals surface area contributed by atoms with E-state index in [4.69, 9.17) is 4.99 Å². The van der Waals surface area contributed by atoms with Crippen molar-refractivity contribution >= 4 is 34.3 Å². The van der Waals surface area contributed by atoms with Crippen molar-refractivity contribution in [3.63, 3.8) is 0 Å². The van der Waals surface area contributed by atoms with Crippen molar-refractivity contribution < 1.29 is 0 Å². The molecule has 3 heterocycles. The molecule has 122 valence electrons. The van der Waals surface area contributed by atoms with Crippen LogP contribution in [-0.4, -0.2) is 34.6 Å². The summed E-state index contributed by atoms with van der Waals surface area (Å²) in [5, 5.41) is 4.18. The summed E-state index contributed by atoms with van der Waals surface area (Å²) in [4.78, 5) is 16.0. The van der Waals surface area contributed by atoms with Crippen molar-refractivity contribution in [2.24, 2.45) is 10.1 Å². The summed E-state index contributed by atoms with van der Waals surface area (Å²) in [5.74, 6) is 0. The molecule has 6 nitrogen and oxygen atoms in total. The van der Waals surface area contributed by atoms with Crippen LogP contribution < -0.4 is 10.3 Å². The number of fused-ring (bicyclic) bond motifs is 2. The van der Waals surface area contributed by atoms with Gasteiger partial charge in [0.05, 0.1) is 34.7 Å². The van der Waals surface area contributed by atoms with E-state index in [2.05, 4.69) is 49.7 Å². The number of para-hydroxylation sites is 2. The molecule has 1 aromatic heterocycles. The van der Waals surface area contributed by atoms with E-state index in [1.165, 1.54) is 0 Å². The van der Waals surface area contributed by atoms with Gasteiger partial charge < -0.3 is 4.90 Å². The molecule has 1 N–H and O–H groups in total. The van der Waals surface area contributed by atoms with Gasteiger partial charge in [-0.1, -0.05) is 18.2 Å². The van der Waals surface area contributed by atoms with Crippen LogP contribution in [-0.2, 0) is 0 Å². The molecular weight excluding hydrogens is 312 g/mol. The Kier molecular flexibility index (Phi) is 3.19. The summed E-state index contributed by atoms with van der Waals surface area (Å²) in [5.41, 5.74) is 9.19. The molecule has 0 bridgehead atoms. The van der Waals surface area contributed by atoms with Crippen molar-refractivity contribution in [2.45, 2.75) is 12.6 Å². The molecule has 1 atom stereocenters. The first-order valence-electron chi connectivity index (χ1n) is 8.30. The summed E-state index contributed by atoms with van der Waals surface area (Å²) in [6.07, 6.45) is 6.39. The Hall–Kier alpha value is -3.28. The summed E-state index contributed by atoms with van der Waals surface area (Å²) >= 11 is 0. The van der Waals surface area contributed by atoms with E-state index < -0.39 is 0 Å². The Morgan fingerprint density at radius 1 is 1.00 bits per heavy atom. The van der Waals surface area contributed by atoms with Crippen LogP contribution in [0.1, 0.15) is 12.0 Å². The highest BCUT2D eigenvalue weighted by Gasteiger charge is 2.27. The predicted molar refractivity (Wildman–Crippen MR) is 99.6 cm³/mol. The molecule has 0 radical (unpaired) electrons. The van der Waals surface area contributed by atoms with E-state index >= 15 is 0 Å². The van der Waals surface area contributed by atoms with Crippen LogP contribution in [0.2, 0.25) is 0 Å². The molecule has 25 heavy (non-hydrogen) atoms. The maximum absolute atomic E-state index is 4.90. The lowest BCUT2D eigenvalue weighted by atomic mass is 10.0. The number of benzene rings is 2. The number of hydrogen-bond donors (Lipinski definition) is 1. The average Bonchev–Trinajstić information content (AvgIpc) is 3.21. The third kappa shape index (κ3) is 2.42. The van der Waals surface area contributed by atoms with Gasteiger partial charge in [-0.3, -0.25) is 15.4 Å². The Bertz CT molecular complexity index is 1000. The molecule has 2 aliphatic rings. The van der Waals surface area contributed by atoms with E-state index in [-0.39, 0.29) is 6.17 Å². The Labute approximate surface area is 144 Å². The second-order valence-corrected chi connectivity index (χ2v) is 6.13. The van der Waals surface area contributed by atoms with Gasteiger partial charge in [0, 0.05) is 30.6 Å². The van der Waals surface area contributed by atoms with Crippen LogP contribution in [0.4, 0.5) is 11.4 Å². The molecule has 0 saturated heterocycles. The molecule has 0 amide bonds. The van der Waals surface area contributed by atoms with E-state index in [1.54, 1.807) is 12.4 Å². The normalized spacial score (nSPS) is 18.8. The van der Waals surface area contributed by atoms with E-state index in [1.807, 2.05) is 24.4 Å². The standard InChI is InChI=1S/C19H16N6/c1-2-4-18-15(3-1)23-17(12-25(18)19-7-8-22-24-19)13-5-6-14-16(11-13)21-10-9-20-14/h1-6,8-11,19,24H,7,12H2. The van der Waals surface area contributed by atoms with Gasteiger partial charge in [-0.25, -0.2) is 4.99 Å². The van der Waals surface area contributed by atoms with Gasteiger partial charge in [-0.05, 0) is 24.3 Å². The minimum Gasteiger partial charge on any atom is -0.342 e. The van der Waals surface area contributed by atoms with E-state index in [9.17, 15) is 0 Å². The topological polar surface area (TPSA) is 65.8 Å². The van der Waals surface area contributed by atoms with Crippen LogP contribution in [0, 0.1) is 0 Å². The predicted octanol–water partition coefficient (Wildman–Crippen LogP) is 2.88. The smallest absolute Gasteiger partial charge is 0.120 e.